The van der Waals surface area contributed by atoms with Gasteiger partial charge in [-0.3, -0.25) is 9.78 Å². The number of hydrogen-bond acceptors (Lipinski definition) is 4. The molecule has 0 amide bonds. The van der Waals surface area contributed by atoms with Crippen LogP contribution in [-0.2, 0) is 16.4 Å². The number of hydrogen-bond donors (Lipinski definition) is 2. The van der Waals surface area contributed by atoms with Gasteiger partial charge in [-0.05, 0) is 43.0 Å². The first kappa shape index (κ1) is 17.7. The fourth-order valence-electron chi connectivity index (χ4n) is 3.66. The zero-order valence-corrected chi connectivity index (χ0v) is 15.3. The number of sulfonamides is 1. The summed E-state index contributed by atoms with van der Waals surface area (Å²) in [5, 5.41) is 0.148. The van der Waals surface area contributed by atoms with Crippen LogP contribution in [0.4, 0.5) is 0 Å². The second-order valence-electron chi connectivity index (χ2n) is 6.72. The highest BCUT2D eigenvalue weighted by Gasteiger charge is 2.35. The average molecular weight is 385 g/mol. The Balaban J connectivity index is 1.71. The van der Waals surface area contributed by atoms with Crippen LogP contribution in [-0.4, -0.2) is 35.3 Å². The van der Waals surface area contributed by atoms with Gasteiger partial charge in [0.05, 0.1) is 15.8 Å². The quantitative estimate of drug-likeness (QED) is 0.712. The van der Waals surface area contributed by atoms with Crippen molar-refractivity contribution in [3.8, 4) is 0 Å². The number of nitrogens with one attached hydrogen (secondary N) is 2. The third-order valence-corrected chi connectivity index (χ3v) is 6.90. The number of H-pyrrole nitrogens is 2. The average Bonchev–Trinajstić information content (AvgIpc) is 3.11. The highest BCUT2D eigenvalue weighted by molar-refractivity contribution is 7.89. The van der Waals surface area contributed by atoms with Crippen LogP contribution >= 0.6 is 0 Å². The SMILES string of the molecule is O=c1[nH]c(=O)c2cc(S(=O)(=O)N3CCCC3Cc3ccccc3)ccc2[nH]1. The monoisotopic (exact) mass is 385 g/mol. The standard InChI is InChI=1S/C19H19N3O4S/c23-18-16-12-15(8-9-17(16)20-19(24)21-18)27(25,26)22-10-4-7-14(22)11-13-5-2-1-3-6-13/h1-3,5-6,8-9,12,14H,4,7,10-11H2,(H2,20,21,23,24). The Bertz CT molecular complexity index is 1200. The van der Waals surface area contributed by atoms with Gasteiger partial charge >= 0.3 is 5.69 Å². The lowest BCUT2D eigenvalue weighted by Crippen LogP contribution is -2.36. The molecule has 1 aliphatic heterocycles. The van der Waals surface area contributed by atoms with Crippen molar-refractivity contribution < 1.29 is 8.42 Å². The van der Waals surface area contributed by atoms with E-state index in [4.69, 9.17) is 0 Å². The van der Waals surface area contributed by atoms with E-state index in [0.717, 1.165) is 18.4 Å². The van der Waals surface area contributed by atoms with Crippen LogP contribution in [0.2, 0.25) is 0 Å². The van der Waals surface area contributed by atoms with Gasteiger partial charge in [-0.15, -0.1) is 0 Å². The molecular formula is C19H19N3O4S. The first-order valence-corrected chi connectivity index (χ1v) is 10.2. The summed E-state index contributed by atoms with van der Waals surface area (Å²) in [6.07, 6.45) is 2.26. The van der Waals surface area contributed by atoms with Gasteiger partial charge < -0.3 is 4.98 Å². The van der Waals surface area contributed by atoms with Gasteiger partial charge in [0.25, 0.3) is 5.56 Å². The molecule has 1 atom stereocenters. The van der Waals surface area contributed by atoms with Crippen LogP contribution in [0.25, 0.3) is 10.9 Å². The van der Waals surface area contributed by atoms with Crippen molar-refractivity contribution in [3.05, 3.63) is 74.9 Å². The Morgan fingerprint density at radius 1 is 1.04 bits per heavy atom. The van der Waals surface area contributed by atoms with Gasteiger partial charge in [-0.2, -0.15) is 4.31 Å². The fraction of sp³-hybridized carbons (Fsp3) is 0.263. The molecule has 8 heteroatoms. The van der Waals surface area contributed by atoms with Crippen molar-refractivity contribution in [2.24, 2.45) is 0 Å². The summed E-state index contributed by atoms with van der Waals surface area (Å²) in [7, 11) is -3.74. The van der Waals surface area contributed by atoms with Crippen molar-refractivity contribution in [1.82, 2.24) is 14.3 Å². The normalized spacial score (nSPS) is 18.1. The summed E-state index contributed by atoms with van der Waals surface area (Å²) in [4.78, 5) is 28.1. The molecule has 0 aliphatic carbocycles. The molecule has 0 spiro atoms. The van der Waals surface area contributed by atoms with E-state index in [1.165, 1.54) is 22.5 Å². The molecule has 1 aromatic heterocycles. The maximum atomic E-state index is 13.2. The van der Waals surface area contributed by atoms with E-state index in [1.54, 1.807) is 0 Å². The van der Waals surface area contributed by atoms with Crippen LogP contribution in [0.5, 0.6) is 0 Å². The molecule has 4 rings (SSSR count). The minimum Gasteiger partial charge on any atom is -0.307 e. The van der Waals surface area contributed by atoms with Gasteiger partial charge in [0, 0.05) is 12.6 Å². The van der Waals surface area contributed by atoms with Crippen molar-refractivity contribution in [2.45, 2.75) is 30.2 Å². The molecule has 1 fully saturated rings. The Morgan fingerprint density at radius 2 is 1.81 bits per heavy atom. The van der Waals surface area contributed by atoms with Gasteiger partial charge in [0.15, 0.2) is 0 Å². The molecule has 27 heavy (non-hydrogen) atoms. The molecule has 140 valence electrons. The lowest BCUT2D eigenvalue weighted by atomic mass is 10.1. The Morgan fingerprint density at radius 3 is 2.59 bits per heavy atom. The first-order valence-electron chi connectivity index (χ1n) is 8.77. The van der Waals surface area contributed by atoms with Crippen LogP contribution in [0.15, 0.2) is 63.0 Å². The summed E-state index contributed by atoms with van der Waals surface area (Å²) < 4.78 is 27.9. The molecule has 0 bridgehead atoms. The number of fused-ring (bicyclic) bond motifs is 1. The molecule has 1 saturated heterocycles. The van der Waals surface area contributed by atoms with E-state index in [2.05, 4.69) is 9.97 Å². The lowest BCUT2D eigenvalue weighted by molar-refractivity contribution is 0.385. The Hall–Kier alpha value is -2.71. The van der Waals surface area contributed by atoms with Crippen molar-refractivity contribution in [3.63, 3.8) is 0 Å². The molecule has 0 saturated carbocycles. The van der Waals surface area contributed by atoms with E-state index in [0.29, 0.717) is 18.5 Å². The van der Waals surface area contributed by atoms with Crippen LogP contribution in [0.1, 0.15) is 18.4 Å². The molecule has 0 radical (unpaired) electrons. The number of aromatic amines is 2. The summed E-state index contributed by atoms with van der Waals surface area (Å²) in [6.45, 7) is 0.458. The highest BCUT2D eigenvalue weighted by atomic mass is 32.2. The lowest BCUT2D eigenvalue weighted by Gasteiger charge is -2.24. The molecule has 7 nitrogen and oxygen atoms in total. The predicted molar refractivity (Wildman–Crippen MR) is 102 cm³/mol. The number of aromatic nitrogens is 2. The largest absolute Gasteiger partial charge is 0.326 e. The molecule has 2 N–H and O–H groups in total. The van der Waals surface area contributed by atoms with Crippen molar-refractivity contribution >= 4 is 20.9 Å². The summed E-state index contributed by atoms with van der Waals surface area (Å²) in [5.41, 5.74) is 0.181. The van der Waals surface area contributed by atoms with Gasteiger partial charge in [-0.1, -0.05) is 30.3 Å². The molecular weight excluding hydrogens is 366 g/mol. The minimum atomic E-state index is -3.74. The Kier molecular flexibility index (Phi) is 4.45. The highest BCUT2D eigenvalue weighted by Crippen LogP contribution is 2.29. The number of benzene rings is 2. The third-order valence-electron chi connectivity index (χ3n) is 4.95. The predicted octanol–water partition coefficient (Wildman–Crippen LogP) is 1.61. The van der Waals surface area contributed by atoms with Gasteiger partial charge in [-0.25, -0.2) is 13.2 Å². The van der Waals surface area contributed by atoms with E-state index >= 15 is 0 Å². The molecule has 3 aromatic rings. The van der Waals surface area contributed by atoms with Crippen LogP contribution < -0.4 is 11.2 Å². The zero-order valence-electron chi connectivity index (χ0n) is 14.5. The molecule has 2 aromatic carbocycles. The van der Waals surface area contributed by atoms with E-state index < -0.39 is 21.3 Å². The number of nitrogens with zero attached hydrogens (tertiary/aromatic N) is 1. The smallest absolute Gasteiger partial charge is 0.307 e. The number of rotatable bonds is 4. The van der Waals surface area contributed by atoms with Gasteiger partial charge in [0.1, 0.15) is 0 Å². The van der Waals surface area contributed by atoms with Crippen molar-refractivity contribution in [2.75, 3.05) is 6.54 Å². The summed E-state index contributed by atoms with van der Waals surface area (Å²) in [5.74, 6) is 0. The van der Waals surface area contributed by atoms with E-state index in [9.17, 15) is 18.0 Å². The molecule has 1 unspecified atom stereocenters. The summed E-state index contributed by atoms with van der Waals surface area (Å²) in [6, 6.07) is 13.9. The summed E-state index contributed by atoms with van der Waals surface area (Å²) >= 11 is 0. The van der Waals surface area contributed by atoms with E-state index in [1.807, 2.05) is 30.3 Å². The fourth-order valence-corrected chi connectivity index (χ4v) is 5.38. The maximum Gasteiger partial charge on any atom is 0.326 e. The topological polar surface area (TPSA) is 103 Å². The van der Waals surface area contributed by atoms with Gasteiger partial charge in [0.2, 0.25) is 10.0 Å². The van der Waals surface area contributed by atoms with Crippen molar-refractivity contribution in [1.29, 1.82) is 0 Å². The third kappa shape index (κ3) is 3.33. The first-order chi connectivity index (χ1) is 12.9. The minimum absolute atomic E-state index is 0.0625. The molecule has 2 heterocycles. The second kappa shape index (κ2) is 6.79. The van der Waals surface area contributed by atoms with Crippen LogP contribution in [0, 0.1) is 0 Å². The second-order valence-corrected chi connectivity index (χ2v) is 8.61. The van der Waals surface area contributed by atoms with Crippen LogP contribution in [0.3, 0.4) is 0 Å². The maximum absolute atomic E-state index is 13.2. The van der Waals surface area contributed by atoms with E-state index in [-0.39, 0.29) is 16.3 Å². The Labute approximate surface area is 155 Å². The molecule has 1 aliphatic rings. The zero-order chi connectivity index (χ0) is 19.0.